The van der Waals surface area contributed by atoms with Crippen LogP contribution in [0.3, 0.4) is 0 Å². The van der Waals surface area contributed by atoms with E-state index in [1.165, 1.54) is 0 Å². The van der Waals surface area contributed by atoms with E-state index in [2.05, 4.69) is 0 Å². The lowest BCUT2D eigenvalue weighted by atomic mass is 9.91. The molecule has 0 amide bonds. The van der Waals surface area contributed by atoms with Crippen LogP contribution in [0.15, 0.2) is 54.6 Å². The number of carbonyl (C=O) groups excluding carboxylic acids is 2. The normalized spacial score (nSPS) is 11.7. The van der Waals surface area contributed by atoms with Crippen LogP contribution in [0.4, 0.5) is 0 Å². The molecule has 22 heavy (non-hydrogen) atoms. The number of carbonyl (C=O) groups is 2. The average molecular weight is 298 g/mol. The number of Topliss-reactive ketones (excluding diaryl/α,β-unsaturated/α-hetero) is 1. The van der Waals surface area contributed by atoms with E-state index in [9.17, 15) is 14.7 Å². The summed E-state index contributed by atoms with van der Waals surface area (Å²) in [7, 11) is 0. The summed E-state index contributed by atoms with van der Waals surface area (Å²) in [4.78, 5) is 24.1. The summed E-state index contributed by atoms with van der Waals surface area (Å²) >= 11 is 0. The van der Waals surface area contributed by atoms with Gasteiger partial charge in [-0.15, -0.1) is 0 Å². The zero-order valence-electron chi connectivity index (χ0n) is 12.4. The number of hydrogen-bond acceptors (Lipinski definition) is 4. The van der Waals surface area contributed by atoms with Gasteiger partial charge in [-0.25, -0.2) is 4.79 Å². The van der Waals surface area contributed by atoms with E-state index in [4.69, 9.17) is 4.74 Å². The first-order valence-corrected chi connectivity index (χ1v) is 7.14. The van der Waals surface area contributed by atoms with Gasteiger partial charge in [0.15, 0.2) is 5.78 Å². The van der Waals surface area contributed by atoms with Gasteiger partial charge in [0.2, 0.25) is 0 Å². The fourth-order valence-corrected chi connectivity index (χ4v) is 2.21. The van der Waals surface area contributed by atoms with Gasteiger partial charge in [-0.3, -0.25) is 4.79 Å². The van der Waals surface area contributed by atoms with E-state index < -0.39 is 11.9 Å². The third-order valence-electron chi connectivity index (χ3n) is 3.38. The van der Waals surface area contributed by atoms with Crippen molar-refractivity contribution in [1.82, 2.24) is 0 Å². The second-order valence-electron chi connectivity index (χ2n) is 4.81. The minimum Gasteiger partial charge on any atom is -0.462 e. The molecule has 114 valence electrons. The molecule has 4 nitrogen and oxygen atoms in total. The predicted molar refractivity (Wildman–Crippen MR) is 83.0 cm³/mol. The van der Waals surface area contributed by atoms with Gasteiger partial charge in [-0.1, -0.05) is 42.5 Å². The smallest absolute Gasteiger partial charge is 0.338 e. The van der Waals surface area contributed by atoms with Gasteiger partial charge in [-0.05, 0) is 24.6 Å². The highest BCUT2D eigenvalue weighted by Gasteiger charge is 2.21. The molecule has 0 heterocycles. The zero-order chi connectivity index (χ0) is 15.9. The molecule has 0 fully saturated rings. The van der Waals surface area contributed by atoms with Crippen molar-refractivity contribution in [3.05, 3.63) is 71.3 Å². The van der Waals surface area contributed by atoms with Crippen molar-refractivity contribution in [2.24, 2.45) is 0 Å². The Morgan fingerprint density at radius 2 is 1.64 bits per heavy atom. The van der Waals surface area contributed by atoms with Crippen molar-refractivity contribution in [1.29, 1.82) is 0 Å². The summed E-state index contributed by atoms with van der Waals surface area (Å²) in [6.45, 7) is 1.77. The molecule has 1 N–H and O–H groups in total. The largest absolute Gasteiger partial charge is 0.462 e. The molecule has 2 aromatic carbocycles. The van der Waals surface area contributed by atoms with E-state index in [1.807, 2.05) is 6.07 Å². The Hall–Kier alpha value is -2.46. The van der Waals surface area contributed by atoms with Gasteiger partial charge in [0.05, 0.1) is 24.7 Å². The van der Waals surface area contributed by atoms with Crippen molar-refractivity contribution < 1.29 is 19.4 Å². The number of esters is 1. The van der Waals surface area contributed by atoms with Crippen LogP contribution in [0.5, 0.6) is 0 Å². The van der Waals surface area contributed by atoms with Gasteiger partial charge < -0.3 is 9.84 Å². The molecule has 0 spiro atoms. The lowest BCUT2D eigenvalue weighted by Crippen LogP contribution is -2.17. The third kappa shape index (κ3) is 3.59. The summed E-state index contributed by atoms with van der Waals surface area (Å²) in [5.41, 5.74) is 1.65. The van der Waals surface area contributed by atoms with Crippen LogP contribution in [0, 0.1) is 0 Å². The Kier molecular flexibility index (Phi) is 5.44. The van der Waals surface area contributed by atoms with Crippen LogP contribution >= 0.6 is 0 Å². The molecule has 1 unspecified atom stereocenters. The molecular weight excluding hydrogens is 280 g/mol. The lowest BCUT2D eigenvalue weighted by molar-refractivity contribution is 0.0526. The van der Waals surface area contributed by atoms with E-state index in [-0.39, 0.29) is 12.4 Å². The first-order chi connectivity index (χ1) is 10.7. The molecule has 0 aliphatic rings. The molecule has 0 saturated carbocycles. The number of hydrogen-bond donors (Lipinski definition) is 1. The highest BCUT2D eigenvalue weighted by molar-refractivity contribution is 6.01. The highest BCUT2D eigenvalue weighted by Crippen LogP contribution is 2.21. The first kappa shape index (κ1) is 15.9. The summed E-state index contributed by atoms with van der Waals surface area (Å²) in [5, 5.41) is 9.56. The van der Waals surface area contributed by atoms with Gasteiger partial charge in [-0.2, -0.15) is 0 Å². The molecule has 0 bridgehead atoms. The van der Waals surface area contributed by atoms with Crippen molar-refractivity contribution in [2.75, 3.05) is 13.2 Å². The summed E-state index contributed by atoms with van der Waals surface area (Å²) < 4.78 is 4.92. The predicted octanol–water partition coefficient (Wildman–Crippen LogP) is 2.82. The fourth-order valence-electron chi connectivity index (χ4n) is 2.21. The minimum atomic E-state index is -0.640. The van der Waals surface area contributed by atoms with Crippen LogP contribution in [0.1, 0.15) is 39.1 Å². The van der Waals surface area contributed by atoms with Crippen molar-refractivity contribution >= 4 is 11.8 Å². The molecule has 2 aromatic rings. The van der Waals surface area contributed by atoms with Gasteiger partial charge in [0, 0.05) is 5.56 Å². The Morgan fingerprint density at radius 3 is 2.18 bits per heavy atom. The molecule has 4 heteroatoms. The number of ketones is 1. The molecule has 0 aliphatic heterocycles. The number of aliphatic hydroxyl groups is 1. The van der Waals surface area contributed by atoms with Gasteiger partial charge in [0.1, 0.15) is 0 Å². The second-order valence-corrected chi connectivity index (χ2v) is 4.81. The Labute approximate surface area is 129 Å². The first-order valence-electron chi connectivity index (χ1n) is 7.14. The lowest BCUT2D eigenvalue weighted by Gasteiger charge is -2.14. The van der Waals surface area contributed by atoms with E-state index >= 15 is 0 Å². The minimum absolute atomic E-state index is 0.146. The van der Waals surface area contributed by atoms with Crippen molar-refractivity contribution in [3.63, 3.8) is 0 Å². The van der Waals surface area contributed by atoms with Crippen LogP contribution < -0.4 is 0 Å². The summed E-state index contributed by atoms with van der Waals surface area (Å²) in [6.07, 6.45) is 0. The van der Waals surface area contributed by atoms with E-state index in [0.717, 1.165) is 0 Å². The summed E-state index contributed by atoms with van der Waals surface area (Å²) in [5.74, 6) is -1.19. The molecular formula is C18H18O4. The third-order valence-corrected chi connectivity index (χ3v) is 3.38. The molecule has 2 rings (SSSR count). The summed E-state index contributed by atoms with van der Waals surface area (Å²) in [6, 6.07) is 15.4. The maximum Gasteiger partial charge on any atom is 0.338 e. The highest BCUT2D eigenvalue weighted by atomic mass is 16.5. The van der Waals surface area contributed by atoms with Crippen LogP contribution in [-0.4, -0.2) is 30.1 Å². The van der Waals surface area contributed by atoms with E-state index in [0.29, 0.717) is 23.3 Å². The SMILES string of the molecule is CCOC(=O)c1ccc(C(CO)C(=O)c2ccccc2)cc1. The molecule has 1 atom stereocenters. The van der Waals surface area contributed by atoms with Crippen molar-refractivity contribution in [2.45, 2.75) is 12.8 Å². The average Bonchev–Trinajstić information content (AvgIpc) is 2.57. The second kappa shape index (κ2) is 7.52. The van der Waals surface area contributed by atoms with Crippen LogP contribution in [-0.2, 0) is 4.74 Å². The number of benzene rings is 2. The molecule has 0 saturated heterocycles. The zero-order valence-corrected chi connectivity index (χ0v) is 12.4. The number of aliphatic hydroxyl groups excluding tert-OH is 1. The molecule has 0 aromatic heterocycles. The van der Waals surface area contributed by atoms with Crippen molar-refractivity contribution in [3.8, 4) is 0 Å². The Balaban J connectivity index is 2.21. The quantitative estimate of drug-likeness (QED) is 0.658. The fraction of sp³-hybridized carbons (Fsp3) is 0.222. The maximum atomic E-state index is 12.4. The molecule has 0 aliphatic carbocycles. The monoisotopic (exact) mass is 298 g/mol. The maximum absolute atomic E-state index is 12.4. The Bertz CT molecular complexity index is 632. The van der Waals surface area contributed by atoms with Crippen LogP contribution in [0.2, 0.25) is 0 Å². The Morgan fingerprint density at radius 1 is 1.00 bits per heavy atom. The standard InChI is InChI=1S/C18H18O4/c1-2-22-18(21)15-10-8-13(9-11-15)16(12-19)17(20)14-6-4-3-5-7-14/h3-11,16,19H,2,12H2,1H3. The molecule has 0 radical (unpaired) electrons. The number of rotatable bonds is 6. The van der Waals surface area contributed by atoms with Gasteiger partial charge in [0.25, 0.3) is 0 Å². The van der Waals surface area contributed by atoms with E-state index in [1.54, 1.807) is 55.5 Å². The van der Waals surface area contributed by atoms with Crippen LogP contribution in [0.25, 0.3) is 0 Å². The van der Waals surface area contributed by atoms with Gasteiger partial charge >= 0.3 is 5.97 Å². The number of ether oxygens (including phenoxy) is 1. The topological polar surface area (TPSA) is 63.6 Å².